The second-order valence-electron chi connectivity index (χ2n) is 4.00. The van der Waals surface area contributed by atoms with Crippen LogP contribution in [0.5, 0.6) is 5.75 Å². The summed E-state index contributed by atoms with van der Waals surface area (Å²) in [5.41, 5.74) is 6.15. The highest BCUT2D eigenvalue weighted by Gasteiger charge is 2.14. The van der Waals surface area contributed by atoms with Crippen LogP contribution in [0.2, 0.25) is 5.02 Å². The van der Waals surface area contributed by atoms with Gasteiger partial charge in [-0.1, -0.05) is 11.6 Å². The number of ether oxygens (including phenoxy) is 1. The van der Waals surface area contributed by atoms with E-state index >= 15 is 0 Å². The van der Waals surface area contributed by atoms with Gasteiger partial charge in [0.25, 0.3) is 5.91 Å². The quantitative estimate of drug-likeness (QED) is 0.512. The lowest BCUT2D eigenvalue weighted by Crippen LogP contribution is -2.34. The second-order valence-corrected chi connectivity index (χ2v) is 6.24. The predicted molar refractivity (Wildman–Crippen MR) is 77.6 cm³/mol. The summed E-state index contributed by atoms with van der Waals surface area (Å²) in [5, 5.41) is 2.79. The van der Waals surface area contributed by atoms with Gasteiger partial charge >= 0.3 is 0 Å². The number of sulfonamides is 1. The fraction of sp³-hybridized carbons (Fsp3) is 0.364. The number of amides is 1. The first-order valence-corrected chi connectivity index (χ1v) is 7.87. The molecule has 0 fully saturated rings. The van der Waals surface area contributed by atoms with E-state index in [2.05, 4.69) is 10.0 Å². The molecule has 1 aromatic rings. The van der Waals surface area contributed by atoms with Gasteiger partial charge in [-0.2, -0.15) is 0 Å². The highest BCUT2D eigenvalue weighted by atomic mass is 35.5. The van der Waals surface area contributed by atoms with Crippen molar-refractivity contribution in [2.45, 2.75) is 0 Å². The van der Waals surface area contributed by atoms with E-state index in [0.29, 0.717) is 11.4 Å². The van der Waals surface area contributed by atoms with Gasteiger partial charge in [-0.25, -0.2) is 13.1 Å². The van der Waals surface area contributed by atoms with E-state index in [1.165, 1.54) is 19.2 Å². The molecule has 0 aliphatic carbocycles. The third-order valence-electron chi connectivity index (χ3n) is 2.34. The van der Waals surface area contributed by atoms with Crippen molar-refractivity contribution in [3.8, 4) is 5.75 Å². The van der Waals surface area contributed by atoms with Crippen molar-refractivity contribution in [3.05, 3.63) is 22.7 Å². The van der Waals surface area contributed by atoms with E-state index in [4.69, 9.17) is 22.1 Å². The molecule has 0 radical (unpaired) electrons. The smallest absolute Gasteiger partial charge is 0.255 e. The summed E-state index contributed by atoms with van der Waals surface area (Å²) in [7, 11) is -1.87. The van der Waals surface area contributed by atoms with E-state index in [1.54, 1.807) is 0 Å². The van der Waals surface area contributed by atoms with Crippen LogP contribution in [-0.2, 0) is 10.0 Å². The van der Waals surface area contributed by atoms with Gasteiger partial charge in [0.1, 0.15) is 5.75 Å². The van der Waals surface area contributed by atoms with Gasteiger partial charge < -0.3 is 15.8 Å². The van der Waals surface area contributed by atoms with Crippen LogP contribution >= 0.6 is 11.6 Å². The number of carbonyl (C=O) groups excluding carboxylic acids is 1. The first-order valence-electron chi connectivity index (χ1n) is 5.60. The number of hydrogen-bond donors (Lipinski definition) is 3. The van der Waals surface area contributed by atoms with Crippen LogP contribution in [0.1, 0.15) is 10.4 Å². The highest BCUT2D eigenvalue weighted by molar-refractivity contribution is 7.88. The first-order chi connectivity index (χ1) is 9.24. The van der Waals surface area contributed by atoms with Crippen molar-refractivity contribution in [1.29, 1.82) is 0 Å². The molecule has 0 bridgehead atoms. The lowest BCUT2D eigenvalue weighted by atomic mass is 10.1. The molecule has 0 unspecified atom stereocenters. The van der Waals surface area contributed by atoms with Crippen LogP contribution in [0.4, 0.5) is 5.69 Å². The summed E-state index contributed by atoms with van der Waals surface area (Å²) >= 11 is 5.86. The average molecular weight is 322 g/mol. The summed E-state index contributed by atoms with van der Waals surface area (Å²) in [6.45, 7) is 0.229. The van der Waals surface area contributed by atoms with Crippen molar-refractivity contribution in [3.63, 3.8) is 0 Å². The van der Waals surface area contributed by atoms with Crippen LogP contribution in [0.25, 0.3) is 0 Å². The topological polar surface area (TPSA) is 111 Å². The maximum atomic E-state index is 11.9. The second kappa shape index (κ2) is 6.78. The van der Waals surface area contributed by atoms with Crippen LogP contribution in [0.15, 0.2) is 12.1 Å². The molecule has 0 saturated carbocycles. The predicted octanol–water partition coefficient (Wildman–Crippen LogP) is 0.210. The number of carbonyl (C=O) groups is 1. The Morgan fingerprint density at radius 2 is 2.05 bits per heavy atom. The fourth-order valence-electron chi connectivity index (χ4n) is 1.42. The molecule has 4 N–H and O–H groups in total. The van der Waals surface area contributed by atoms with E-state index in [9.17, 15) is 13.2 Å². The lowest BCUT2D eigenvalue weighted by molar-refractivity contribution is 0.0951. The Bertz CT molecular complexity index is 604. The molecule has 9 heteroatoms. The minimum Gasteiger partial charge on any atom is -0.496 e. The lowest BCUT2D eigenvalue weighted by Gasteiger charge is -2.11. The van der Waals surface area contributed by atoms with Crippen LogP contribution in [0, 0.1) is 0 Å². The molecule has 20 heavy (non-hydrogen) atoms. The third-order valence-corrected chi connectivity index (χ3v) is 3.39. The molecule has 7 nitrogen and oxygen atoms in total. The van der Waals surface area contributed by atoms with E-state index in [1.807, 2.05) is 0 Å². The zero-order valence-electron chi connectivity index (χ0n) is 11.1. The van der Waals surface area contributed by atoms with Crippen molar-refractivity contribution in [2.24, 2.45) is 0 Å². The molecule has 0 saturated heterocycles. The number of nitrogens with one attached hydrogen (secondary N) is 2. The molecular weight excluding hydrogens is 306 g/mol. The van der Waals surface area contributed by atoms with Gasteiger partial charge in [0.05, 0.1) is 29.6 Å². The Labute approximate surface area is 122 Å². The maximum Gasteiger partial charge on any atom is 0.255 e. The number of nitrogen functional groups attached to an aromatic ring is 1. The molecule has 0 atom stereocenters. The molecule has 1 aromatic carbocycles. The van der Waals surface area contributed by atoms with Gasteiger partial charge in [0.15, 0.2) is 0 Å². The summed E-state index contributed by atoms with van der Waals surface area (Å²) < 4.78 is 29.0. The number of hydrogen-bond acceptors (Lipinski definition) is 5. The van der Waals surface area contributed by atoms with Crippen LogP contribution in [0.3, 0.4) is 0 Å². The normalized spacial score (nSPS) is 11.2. The fourth-order valence-corrected chi connectivity index (χ4v) is 2.06. The van der Waals surface area contributed by atoms with Crippen LogP contribution < -0.4 is 20.5 Å². The minimum absolute atomic E-state index is 0.0929. The van der Waals surface area contributed by atoms with Crippen molar-refractivity contribution in [1.82, 2.24) is 10.0 Å². The zero-order chi connectivity index (χ0) is 15.3. The molecule has 0 aliphatic heterocycles. The van der Waals surface area contributed by atoms with Gasteiger partial charge in [-0.3, -0.25) is 4.79 Å². The third kappa shape index (κ3) is 4.87. The monoisotopic (exact) mass is 321 g/mol. The first kappa shape index (κ1) is 16.5. The number of anilines is 1. The van der Waals surface area contributed by atoms with Gasteiger partial charge in [0.2, 0.25) is 10.0 Å². The van der Waals surface area contributed by atoms with Crippen molar-refractivity contribution >= 4 is 33.2 Å². The number of rotatable bonds is 6. The standard InChI is InChI=1S/C11H16ClN3O4S/c1-19-10-6-9(13)8(12)5-7(10)11(16)14-3-4-15-20(2,17)18/h5-6,15H,3-4,13H2,1-2H3,(H,14,16). The molecule has 0 aliphatic rings. The van der Waals surface area contributed by atoms with Crippen molar-refractivity contribution < 1.29 is 17.9 Å². The largest absolute Gasteiger partial charge is 0.496 e. The van der Waals surface area contributed by atoms with Crippen LogP contribution in [-0.4, -0.2) is 40.8 Å². The van der Waals surface area contributed by atoms with Gasteiger partial charge in [-0.05, 0) is 6.07 Å². The number of halogens is 1. The summed E-state index contributed by atoms with van der Waals surface area (Å²) in [5.74, 6) is -0.139. The molecule has 0 aromatic heterocycles. The molecule has 0 spiro atoms. The summed E-state index contributed by atoms with van der Waals surface area (Å²) in [6, 6.07) is 2.85. The molecular formula is C11H16ClN3O4S. The zero-order valence-corrected chi connectivity index (χ0v) is 12.6. The molecule has 1 amide bonds. The Morgan fingerprint density at radius 1 is 1.40 bits per heavy atom. The average Bonchev–Trinajstić information content (AvgIpc) is 2.36. The van der Waals surface area contributed by atoms with Crippen molar-refractivity contribution in [2.75, 3.05) is 32.2 Å². The van der Waals surface area contributed by atoms with E-state index in [0.717, 1.165) is 6.26 Å². The Morgan fingerprint density at radius 3 is 2.60 bits per heavy atom. The summed E-state index contributed by atoms with van der Waals surface area (Å²) in [4.78, 5) is 11.9. The summed E-state index contributed by atoms with van der Waals surface area (Å²) in [6.07, 6.45) is 1.04. The Balaban J connectivity index is 2.70. The number of benzene rings is 1. The number of methoxy groups -OCH3 is 1. The maximum absolute atomic E-state index is 11.9. The highest BCUT2D eigenvalue weighted by Crippen LogP contribution is 2.28. The van der Waals surface area contributed by atoms with Gasteiger partial charge in [0, 0.05) is 19.2 Å². The van der Waals surface area contributed by atoms with Gasteiger partial charge in [-0.15, -0.1) is 0 Å². The minimum atomic E-state index is -3.28. The van der Waals surface area contributed by atoms with E-state index in [-0.39, 0.29) is 23.7 Å². The SMILES string of the molecule is COc1cc(N)c(Cl)cc1C(=O)NCCNS(C)(=O)=O. The molecule has 1 rings (SSSR count). The van der Waals surface area contributed by atoms with E-state index < -0.39 is 15.9 Å². The Kier molecular flexibility index (Phi) is 5.61. The Hall–Kier alpha value is -1.51. The molecule has 0 heterocycles. The molecule has 112 valence electrons. The number of nitrogens with two attached hydrogens (primary N) is 1.